The van der Waals surface area contributed by atoms with Gasteiger partial charge in [-0.2, -0.15) is 0 Å². The number of benzene rings is 1. The molecule has 3 aliphatic heterocycles. The molecule has 3 aliphatic rings. The second-order valence-corrected chi connectivity index (χ2v) is 8.26. The van der Waals surface area contributed by atoms with Crippen LogP contribution in [-0.2, 0) is 13.0 Å². The lowest BCUT2D eigenvalue weighted by Crippen LogP contribution is -2.39. The van der Waals surface area contributed by atoms with Gasteiger partial charge in [-0.15, -0.1) is 0 Å². The number of fused-ring (bicyclic) bond motifs is 3. The van der Waals surface area contributed by atoms with Gasteiger partial charge in [0.1, 0.15) is 0 Å². The van der Waals surface area contributed by atoms with E-state index in [0.29, 0.717) is 30.4 Å². The van der Waals surface area contributed by atoms with Crippen molar-refractivity contribution in [2.24, 2.45) is 0 Å². The Hall–Kier alpha value is -2.27. The van der Waals surface area contributed by atoms with Gasteiger partial charge in [0.2, 0.25) is 0 Å². The van der Waals surface area contributed by atoms with Crippen LogP contribution in [0.4, 0.5) is 5.69 Å². The fraction of sp³-hybridized carbons (Fsp3) is 0.500. The van der Waals surface area contributed by atoms with E-state index < -0.39 is 0 Å². The molecule has 5 heteroatoms. The normalized spacial score (nSPS) is 26.9. The molecule has 1 amide bonds. The highest BCUT2D eigenvalue weighted by molar-refractivity contribution is 5.93. The minimum absolute atomic E-state index is 0.0458. The molecule has 2 saturated heterocycles. The topological polar surface area (TPSA) is 48.7 Å². The van der Waals surface area contributed by atoms with E-state index in [2.05, 4.69) is 41.4 Å². The highest BCUT2D eigenvalue weighted by Crippen LogP contribution is 2.34. The van der Waals surface area contributed by atoms with Crippen molar-refractivity contribution in [2.75, 3.05) is 18.0 Å². The van der Waals surface area contributed by atoms with Crippen molar-refractivity contribution >= 4 is 11.6 Å². The lowest BCUT2D eigenvalue weighted by atomic mass is 10.1. The molecule has 5 rings (SSSR count). The van der Waals surface area contributed by atoms with Crippen molar-refractivity contribution in [1.82, 2.24) is 10.2 Å². The zero-order valence-corrected chi connectivity index (χ0v) is 15.9. The molecule has 2 fully saturated rings. The summed E-state index contributed by atoms with van der Waals surface area (Å²) in [6, 6.07) is 12.0. The number of likely N-dealkylation sites (tertiary alicyclic amines) is 1. The van der Waals surface area contributed by atoms with E-state index in [1.807, 2.05) is 11.0 Å². The molecule has 5 nitrogen and oxygen atoms in total. The molecule has 2 bridgehead atoms. The number of nitrogens with one attached hydrogen (secondary N) is 1. The fourth-order valence-electron chi connectivity index (χ4n) is 4.97. The van der Waals surface area contributed by atoms with Crippen molar-refractivity contribution < 1.29 is 9.21 Å². The molecular weight excluding hydrogens is 338 g/mol. The summed E-state index contributed by atoms with van der Waals surface area (Å²) in [7, 11) is 0. The van der Waals surface area contributed by atoms with Crippen LogP contribution in [0.5, 0.6) is 0 Å². The molecule has 0 aliphatic carbocycles. The summed E-state index contributed by atoms with van der Waals surface area (Å²) in [6.45, 7) is 4.57. The van der Waals surface area contributed by atoms with Crippen LogP contribution in [0, 0.1) is 0 Å². The van der Waals surface area contributed by atoms with Crippen LogP contribution in [0.1, 0.15) is 47.9 Å². The summed E-state index contributed by atoms with van der Waals surface area (Å²) in [6.07, 6.45) is 6.16. The number of furan rings is 1. The van der Waals surface area contributed by atoms with Gasteiger partial charge in [0, 0.05) is 49.0 Å². The van der Waals surface area contributed by atoms with Gasteiger partial charge in [0.25, 0.3) is 5.91 Å². The van der Waals surface area contributed by atoms with Crippen molar-refractivity contribution in [3.05, 3.63) is 53.5 Å². The Bertz CT molecular complexity index is 846. The Morgan fingerprint density at radius 2 is 2.04 bits per heavy atom. The van der Waals surface area contributed by atoms with E-state index in [-0.39, 0.29) is 5.91 Å². The fourth-order valence-corrected chi connectivity index (χ4v) is 4.97. The zero-order valence-electron chi connectivity index (χ0n) is 15.9. The molecule has 4 heterocycles. The van der Waals surface area contributed by atoms with Crippen LogP contribution >= 0.6 is 0 Å². The second kappa shape index (κ2) is 6.71. The van der Waals surface area contributed by atoms with E-state index in [4.69, 9.17) is 4.42 Å². The largest absolute Gasteiger partial charge is 0.459 e. The lowest BCUT2D eigenvalue weighted by molar-refractivity contribution is 0.0714. The van der Waals surface area contributed by atoms with Gasteiger partial charge >= 0.3 is 0 Å². The van der Waals surface area contributed by atoms with Gasteiger partial charge in [-0.05, 0) is 50.3 Å². The van der Waals surface area contributed by atoms with Crippen LogP contribution in [0.2, 0.25) is 0 Å². The standard InChI is InChI=1S/C22H27N3O2/c1-15-12-16-4-2-3-5-20(16)25(15)13-17-9-11-27-21(17)22(26)24-10-8-18-6-7-19(14-24)23-18/h2-5,9,11,15,18-19,23H,6-8,10,12-14H2,1H3. The average Bonchev–Trinajstić information content (AvgIpc) is 3.33. The predicted molar refractivity (Wildman–Crippen MR) is 105 cm³/mol. The number of carbonyl (C=O) groups excluding carboxylic acids is 1. The van der Waals surface area contributed by atoms with E-state index in [0.717, 1.165) is 31.5 Å². The van der Waals surface area contributed by atoms with E-state index in [1.165, 1.54) is 24.1 Å². The maximum atomic E-state index is 13.2. The number of nitrogens with zero attached hydrogens (tertiary/aromatic N) is 2. The molecule has 0 radical (unpaired) electrons. The van der Waals surface area contributed by atoms with Crippen LogP contribution in [0.25, 0.3) is 0 Å². The predicted octanol–water partition coefficient (Wildman–Crippen LogP) is 3.20. The Morgan fingerprint density at radius 1 is 1.19 bits per heavy atom. The molecule has 0 saturated carbocycles. The first-order valence-corrected chi connectivity index (χ1v) is 10.2. The molecule has 1 aromatic heterocycles. The summed E-state index contributed by atoms with van der Waals surface area (Å²) in [4.78, 5) is 17.6. The third kappa shape index (κ3) is 3.04. The third-order valence-corrected chi connectivity index (χ3v) is 6.44. The molecule has 27 heavy (non-hydrogen) atoms. The monoisotopic (exact) mass is 365 g/mol. The molecule has 2 aromatic rings. The number of rotatable bonds is 3. The molecule has 1 aromatic carbocycles. The minimum atomic E-state index is 0.0458. The SMILES string of the molecule is CC1Cc2ccccc2N1Cc1ccoc1C(=O)N1CCC2CCC(C1)N2. The lowest BCUT2D eigenvalue weighted by Gasteiger charge is -2.26. The summed E-state index contributed by atoms with van der Waals surface area (Å²) in [5, 5.41) is 3.64. The summed E-state index contributed by atoms with van der Waals surface area (Å²) in [5.41, 5.74) is 3.66. The van der Waals surface area contributed by atoms with Crippen LogP contribution in [0.15, 0.2) is 41.0 Å². The average molecular weight is 365 g/mol. The van der Waals surface area contributed by atoms with Gasteiger partial charge in [0.05, 0.1) is 6.26 Å². The van der Waals surface area contributed by atoms with Gasteiger partial charge in [-0.25, -0.2) is 0 Å². The number of para-hydroxylation sites is 1. The smallest absolute Gasteiger partial charge is 0.289 e. The number of hydrogen-bond acceptors (Lipinski definition) is 4. The number of hydrogen-bond donors (Lipinski definition) is 1. The maximum absolute atomic E-state index is 13.2. The van der Waals surface area contributed by atoms with Gasteiger partial charge in [-0.1, -0.05) is 18.2 Å². The highest BCUT2D eigenvalue weighted by Gasteiger charge is 2.34. The Balaban J connectivity index is 1.36. The highest BCUT2D eigenvalue weighted by atomic mass is 16.3. The maximum Gasteiger partial charge on any atom is 0.289 e. The Labute approximate surface area is 160 Å². The van der Waals surface area contributed by atoms with Crippen molar-refractivity contribution in [3.8, 4) is 0 Å². The second-order valence-electron chi connectivity index (χ2n) is 8.26. The minimum Gasteiger partial charge on any atom is -0.459 e. The first kappa shape index (κ1) is 16.9. The van der Waals surface area contributed by atoms with Gasteiger partial charge < -0.3 is 19.5 Å². The quantitative estimate of drug-likeness (QED) is 0.907. The van der Waals surface area contributed by atoms with E-state index in [9.17, 15) is 4.79 Å². The third-order valence-electron chi connectivity index (χ3n) is 6.44. The molecule has 0 spiro atoms. The van der Waals surface area contributed by atoms with E-state index >= 15 is 0 Å². The molecule has 3 unspecified atom stereocenters. The van der Waals surface area contributed by atoms with Crippen molar-refractivity contribution in [1.29, 1.82) is 0 Å². The number of carbonyl (C=O) groups is 1. The van der Waals surface area contributed by atoms with Crippen molar-refractivity contribution in [2.45, 2.75) is 57.3 Å². The summed E-state index contributed by atoms with van der Waals surface area (Å²) in [5.74, 6) is 0.564. The molecule has 1 N–H and O–H groups in total. The first-order chi connectivity index (χ1) is 13.2. The van der Waals surface area contributed by atoms with Crippen LogP contribution in [-0.4, -0.2) is 42.0 Å². The zero-order chi connectivity index (χ0) is 18.4. The number of anilines is 1. The Morgan fingerprint density at radius 3 is 2.96 bits per heavy atom. The van der Waals surface area contributed by atoms with Crippen LogP contribution in [0.3, 0.4) is 0 Å². The Kier molecular flexibility index (Phi) is 4.20. The van der Waals surface area contributed by atoms with Crippen molar-refractivity contribution in [3.63, 3.8) is 0 Å². The van der Waals surface area contributed by atoms with Crippen LogP contribution < -0.4 is 10.2 Å². The summed E-state index contributed by atoms with van der Waals surface area (Å²) < 4.78 is 5.70. The van der Waals surface area contributed by atoms with Gasteiger partial charge in [0.15, 0.2) is 5.76 Å². The molecular formula is C22H27N3O2. The number of amides is 1. The first-order valence-electron chi connectivity index (χ1n) is 10.2. The molecule has 3 atom stereocenters. The molecule has 142 valence electrons. The van der Waals surface area contributed by atoms with E-state index in [1.54, 1.807) is 6.26 Å². The summed E-state index contributed by atoms with van der Waals surface area (Å²) >= 11 is 0. The van der Waals surface area contributed by atoms with Gasteiger partial charge in [-0.3, -0.25) is 4.79 Å².